The normalized spacial score (nSPS) is 16.8. The quantitative estimate of drug-likeness (QED) is 0.706. The maximum atomic E-state index is 12.7. The van der Waals surface area contributed by atoms with Crippen molar-refractivity contribution in [3.63, 3.8) is 0 Å². The van der Waals surface area contributed by atoms with Crippen LogP contribution in [0.25, 0.3) is 0 Å². The lowest BCUT2D eigenvalue weighted by Crippen LogP contribution is -2.48. The molecule has 1 aliphatic heterocycles. The van der Waals surface area contributed by atoms with Crippen LogP contribution in [0.4, 0.5) is 10.7 Å². The van der Waals surface area contributed by atoms with Gasteiger partial charge in [-0.05, 0) is 49.4 Å². The van der Waals surface area contributed by atoms with Crippen LogP contribution in [0, 0.1) is 0 Å². The molecular weight excluding hydrogens is 422 g/mol. The topological polar surface area (TPSA) is 61.9 Å². The zero-order valence-electron chi connectivity index (χ0n) is 17.1. The number of rotatable bonds is 5. The SMILES string of the molecule is COC(=O)c1c(NC(=O)CN2CCN(c3cccc(Cl)c3)CC2)sc2c1CCCC2. The maximum Gasteiger partial charge on any atom is 0.341 e. The molecule has 4 rings (SSSR count). The highest BCUT2D eigenvalue weighted by atomic mass is 35.5. The van der Waals surface area contributed by atoms with Gasteiger partial charge >= 0.3 is 5.97 Å². The Morgan fingerprint density at radius 3 is 2.67 bits per heavy atom. The Balaban J connectivity index is 1.37. The largest absolute Gasteiger partial charge is 0.465 e. The van der Waals surface area contributed by atoms with E-state index < -0.39 is 0 Å². The van der Waals surface area contributed by atoms with Gasteiger partial charge in [-0.2, -0.15) is 0 Å². The third-order valence-corrected chi connectivity index (χ3v) is 7.17. The number of nitrogens with zero attached hydrogens (tertiary/aromatic N) is 2. The van der Waals surface area contributed by atoms with Crippen LogP contribution in [0.1, 0.15) is 33.6 Å². The number of benzene rings is 1. The van der Waals surface area contributed by atoms with Crippen LogP contribution in [-0.4, -0.2) is 56.6 Å². The fraction of sp³-hybridized carbons (Fsp3) is 0.455. The van der Waals surface area contributed by atoms with Crippen LogP contribution in [0.2, 0.25) is 5.02 Å². The van der Waals surface area contributed by atoms with Gasteiger partial charge in [-0.3, -0.25) is 9.69 Å². The van der Waals surface area contributed by atoms with Crippen molar-refractivity contribution in [1.82, 2.24) is 4.90 Å². The fourth-order valence-corrected chi connectivity index (χ4v) is 5.66. The van der Waals surface area contributed by atoms with E-state index in [-0.39, 0.29) is 11.9 Å². The van der Waals surface area contributed by atoms with Crippen molar-refractivity contribution in [2.45, 2.75) is 25.7 Å². The van der Waals surface area contributed by atoms with E-state index in [1.54, 1.807) is 0 Å². The number of esters is 1. The number of amides is 1. The number of piperazine rings is 1. The van der Waals surface area contributed by atoms with Crippen LogP contribution in [0.5, 0.6) is 0 Å². The van der Waals surface area contributed by atoms with Gasteiger partial charge in [0.1, 0.15) is 5.00 Å². The highest BCUT2D eigenvalue weighted by molar-refractivity contribution is 7.17. The lowest BCUT2D eigenvalue weighted by Gasteiger charge is -2.35. The molecule has 1 N–H and O–H groups in total. The van der Waals surface area contributed by atoms with E-state index in [1.807, 2.05) is 18.2 Å². The molecule has 2 aliphatic rings. The molecule has 8 heteroatoms. The first kappa shape index (κ1) is 21.2. The smallest absolute Gasteiger partial charge is 0.341 e. The zero-order valence-corrected chi connectivity index (χ0v) is 18.7. The first-order chi connectivity index (χ1) is 14.5. The summed E-state index contributed by atoms with van der Waals surface area (Å²) < 4.78 is 4.99. The molecule has 0 spiro atoms. The van der Waals surface area contributed by atoms with E-state index >= 15 is 0 Å². The molecule has 30 heavy (non-hydrogen) atoms. The molecule has 1 aromatic carbocycles. The second kappa shape index (κ2) is 9.37. The van der Waals surface area contributed by atoms with Crippen LogP contribution in [0.3, 0.4) is 0 Å². The number of hydrogen-bond acceptors (Lipinski definition) is 6. The maximum absolute atomic E-state index is 12.7. The highest BCUT2D eigenvalue weighted by Gasteiger charge is 2.27. The van der Waals surface area contributed by atoms with Crippen molar-refractivity contribution in [3.8, 4) is 0 Å². The van der Waals surface area contributed by atoms with Crippen molar-refractivity contribution in [3.05, 3.63) is 45.3 Å². The zero-order chi connectivity index (χ0) is 21.1. The second-order valence-electron chi connectivity index (χ2n) is 7.70. The van der Waals surface area contributed by atoms with Crippen LogP contribution in [0.15, 0.2) is 24.3 Å². The van der Waals surface area contributed by atoms with E-state index in [0.717, 1.165) is 68.1 Å². The molecule has 1 aromatic heterocycles. The number of methoxy groups -OCH3 is 1. The number of thiophene rings is 1. The Bertz CT molecular complexity index is 938. The van der Waals surface area contributed by atoms with Crippen molar-refractivity contribution in [1.29, 1.82) is 0 Å². The minimum atomic E-state index is -0.361. The number of aryl methyl sites for hydroxylation is 1. The van der Waals surface area contributed by atoms with Gasteiger partial charge in [-0.15, -0.1) is 11.3 Å². The van der Waals surface area contributed by atoms with E-state index in [4.69, 9.17) is 16.3 Å². The molecule has 0 bridgehead atoms. The minimum Gasteiger partial charge on any atom is -0.465 e. The standard InChI is InChI=1S/C22H26ClN3O3S/c1-29-22(28)20-17-7-2-3-8-18(17)30-21(20)24-19(27)14-25-9-11-26(12-10-25)16-6-4-5-15(23)13-16/h4-6,13H,2-3,7-12,14H2,1H3,(H,24,27). The summed E-state index contributed by atoms with van der Waals surface area (Å²) in [5.74, 6) is -0.449. The predicted octanol–water partition coefficient (Wildman–Crippen LogP) is 3.83. The van der Waals surface area contributed by atoms with Crippen molar-refractivity contribution >= 4 is 45.5 Å². The number of hydrogen-bond donors (Lipinski definition) is 1. The molecular formula is C22H26ClN3O3S. The summed E-state index contributed by atoms with van der Waals surface area (Å²) in [7, 11) is 1.39. The minimum absolute atomic E-state index is 0.0880. The molecule has 160 valence electrons. The Labute approximate surface area is 185 Å². The van der Waals surface area contributed by atoms with E-state index in [1.165, 1.54) is 23.3 Å². The highest BCUT2D eigenvalue weighted by Crippen LogP contribution is 2.38. The van der Waals surface area contributed by atoms with Gasteiger partial charge in [0.2, 0.25) is 5.91 Å². The van der Waals surface area contributed by atoms with Gasteiger partial charge in [-0.1, -0.05) is 17.7 Å². The Morgan fingerprint density at radius 2 is 1.93 bits per heavy atom. The van der Waals surface area contributed by atoms with Gasteiger partial charge in [0.15, 0.2) is 0 Å². The third-order valence-electron chi connectivity index (χ3n) is 5.73. The van der Waals surface area contributed by atoms with E-state index in [0.29, 0.717) is 17.1 Å². The average molecular weight is 448 g/mol. The molecule has 0 unspecified atom stereocenters. The van der Waals surface area contributed by atoms with Gasteiger partial charge in [-0.25, -0.2) is 4.79 Å². The summed E-state index contributed by atoms with van der Waals surface area (Å²) in [5, 5.41) is 4.35. The number of halogens is 1. The summed E-state index contributed by atoms with van der Waals surface area (Å²) >= 11 is 7.62. The van der Waals surface area contributed by atoms with Gasteiger partial charge in [0.25, 0.3) is 0 Å². The van der Waals surface area contributed by atoms with Gasteiger partial charge in [0, 0.05) is 41.8 Å². The monoisotopic (exact) mass is 447 g/mol. The molecule has 6 nitrogen and oxygen atoms in total. The molecule has 1 fully saturated rings. The molecule has 0 saturated carbocycles. The number of carbonyl (C=O) groups is 2. The lowest BCUT2D eigenvalue weighted by molar-refractivity contribution is -0.117. The number of carbonyl (C=O) groups excluding carboxylic acids is 2. The van der Waals surface area contributed by atoms with Crippen LogP contribution >= 0.6 is 22.9 Å². The average Bonchev–Trinajstić information content (AvgIpc) is 3.11. The summed E-state index contributed by atoms with van der Waals surface area (Å²) in [5.41, 5.74) is 2.72. The van der Waals surface area contributed by atoms with Crippen molar-refractivity contribution < 1.29 is 14.3 Å². The number of ether oxygens (including phenoxy) is 1. The molecule has 0 atom stereocenters. The molecule has 1 aliphatic carbocycles. The molecule has 1 saturated heterocycles. The van der Waals surface area contributed by atoms with Crippen molar-refractivity contribution in [2.75, 3.05) is 50.1 Å². The molecule has 2 aromatic rings. The molecule has 1 amide bonds. The lowest BCUT2D eigenvalue weighted by atomic mass is 9.95. The first-order valence-electron chi connectivity index (χ1n) is 10.3. The third kappa shape index (κ3) is 4.63. The summed E-state index contributed by atoms with van der Waals surface area (Å²) in [6, 6.07) is 7.85. The number of nitrogens with one attached hydrogen (secondary N) is 1. The van der Waals surface area contributed by atoms with Gasteiger partial charge in [0.05, 0.1) is 19.2 Å². The van der Waals surface area contributed by atoms with Crippen LogP contribution < -0.4 is 10.2 Å². The van der Waals surface area contributed by atoms with E-state index in [2.05, 4.69) is 21.2 Å². The summed E-state index contributed by atoms with van der Waals surface area (Å²) in [6.07, 6.45) is 4.03. The summed E-state index contributed by atoms with van der Waals surface area (Å²) in [6.45, 7) is 3.59. The van der Waals surface area contributed by atoms with Gasteiger partial charge < -0.3 is 15.0 Å². The number of fused-ring (bicyclic) bond motifs is 1. The predicted molar refractivity (Wildman–Crippen MR) is 121 cm³/mol. The van der Waals surface area contributed by atoms with Crippen molar-refractivity contribution in [2.24, 2.45) is 0 Å². The molecule has 2 heterocycles. The Morgan fingerprint density at radius 1 is 1.17 bits per heavy atom. The molecule has 0 radical (unpaired) electrons. The second-order valence-corrected chi connectivity index (χ2v) is 9.24. The Hall–Kier alpha value is -2.09. The summed E-state index contributed by atoms with van der Waals surface area (Å²) in [4.78, 5) is 30.7. The van der Waals surface area contributed by atoms with Crippen LogP contribution in [-0.2, 0) is 22.4 Å². The fourth-order valence-electron chi connectivity index (χ4n) is 4.18. The first-order valence-corrected chi connectivity index (χ1v) is 11.5. The Kier molecular flexibility index (Phi) is 6.61. The number of anilines is 2. The van der Waals surface area contributed by atoms with E-state index in [9.17, 15) is 9.59 Å².